The number of carbonyl (C=O) groups is 2. The Morgan fingerprint density at radius 3 is 2.47 bits per heavy atom. The summed E-state index contributed by atoms with van der Waals surface area (Å²) in [5, 5.41) is 26.3. The number of nitrogens with one attached hydrogen (secondary N) is 2. The average molecular weight is 401 g/mol. The summed E-state index contributed by atoms with van der Waals surface area (Å²) in [7, 11) is 0. The number of carbonyl (C=O) groups excluding carboxylic acids is 2. The van der Waals surface area contributed by atoms with E-state index < -0.39 is 11.9 Å². The summed E-state index contributed by atoms with van der Waals surface area (Å²) in [4.78, 5) is 24.1. The molecule has 0 aliphatic heterocycles. The number of benzene rings is 3. The zero-order chi connectivity index (χ0) is 21.5. The van der Waals surface area contributed by atoms with E-state index in [4.69, 9.17) is 4.74 Å². The Morgan fingerprint density at radius 2 is 1.77 bits per heavy atom. The summed E-state index contributed by atoms with van der Waals surface area (Å²) in [5.41, 5.74) is 1.31. The molecule has 0 saturated heterocycles. The average Bonchev–Trinajstić information content (AvgIpc) is 2.75. The fourth-order valence-electron chi connectivity index (χ4n) is 2.82. The van der Waals surface area contributed by atoms with Crippen molar-refractivity contribution in [2.45, 2.75) is 6.92 Å². The minimum Gasteiger partial charge on any atom is -0.507 e. The Hall–Kier alpha value is -4.31. The molecule has 0 radical (unpaired) electrons. The van der Waals surface area contributed by atoms with E-state index in [2.05, 4.69) is 10.6 Å². The van der Waals surface area contributed by atoms with Gasteiger partial charge in [-0.25, -0.2) is 4.79 Å². The number of nitrogens with zero attached hydrogens (tertiary/aromatic N) is 1. The third-order valence-electron chi connectivity index (χ3n) is 4.29. The van der Waals surface area contributed by atoms with Gasteiger partial charge in [0.25, 0.3) is 5.91 Å². The zero-order valence-electron chi connectivity index (χ0n) is 16.2. The number of phenols is 1. The van der Waals surface area contributed by atoms with Crippen molar-refractivity contribution in [1.29, 1.82) is 5.26 Å². The molecule has 150 valence electrons. The SMILES string of the molecule is CCOC(=O)c1ccc(NC(=O)/C(C#N)=C\Nc2cccc3c(O)cccc23)cc1. The molecule has 7 nitrogen and oxygen atoms in total. The van der Waals surface area contributed by atoms with Gasteiger partial charge in [0.2, 0.25) is 0 Å². The summed E-state index contributed by atoms with van der Waals surface area (Å²) in [6.45, 7) is 1.99. The number of ether oxygens (including phenoxy) is 1. The molecule has 3 aromatic rings. The molecule has 0 fully saturated rings. The van der Waals surface area contributed by atoms with Crippen LogP contribution in [-0.2, 0) is 9.53 Å². The van der Waals surface area contributed by atoms with Crippen molar-refractivity contribution < 1.29 is 19.4 Å². The lowest BCUT2D eigenvalue weighted by atomic mass is 10.1. The molecule has 0 bridgehead atoms. The minimum atomic E-state index is -0.600. The standard InChI is InChI=1S/C23H19N3O4/c1-2-30-23(29)15-9-11-17(12-10-15)26-22(28)16(13-24)14-25-20-7-3-6-19-18(20)5-4-8-21(19)27/h3-12,14,25,27H,2H2,1H3,(H,26,28)/b16-14-. The Bertz CT molecular complexity index is 1160. The normalized spacial score (nSPS) is 10.9. The maximum atomic E-state index is 12.4. The van der Waals surface area contributed by atoms with Crippen LogP contribution in [-0.4, -0.2) is 23.6 Å². The van der Waals surface area contributed by atoms with E-state index in [0.717, 1.165) is 5.39 Å². The molecule has 0 unspecified atom stereocenters. The summed E-state index contributed by atoms with van der Waals surface area (Å²) in [6, 6.07) is 18.5. The lowest BCUT2D eigenvalue weighted by Gasteiger charge is -2.09. The van der Waals surface area contributed by atoms with Crippen molar-refractivity contribution in [3.63, 3.8) is 0 Å². The lowest BCUT2D eigenvalue weighted by molar-refractivity contribution is -0.112. The monoisotopic (exact) mass is 401 g/mol. The van der Waals surface area contributed by atoms with Crippen LogP contribution in [0.15, 0.2) is 72.4 Å². The fraction of sp³-hybridized carbons (Fsp3) is 0.0870. The molecule has 3 aromatic carbocycles. The summed E-state index contributed by atoms with van der Waals surface area (Å²) in [6.07, 6.45) is 1.31. The quantitative estimate of drug-likeness (QED) is 0.325. The van der Waals surface area contributed by atoms with Gasteiger partial charge in [0, 0.05) is 28.3 Å². The summed E-state index contributed by atoms with van der Waals surface area (Å²) < 4.78 is 4.91. The highest BCUT2D eigenvalue weighted by Crippen LogP contribution is 2.29. The fourth-order valence-corrected chi connectivity index (χ4v) is 2.82. The first-order valence-corrected chi connectivity index (χ1v) is 9.19. The zero-order valence-corrected chi connectivity index (χ0v) is 16.2. The second kappa shape index (κ2) is 9.26. The topological polar surface area (TPSA) is 111 Å². The number of aromatic hydroxyl groups is 1. The smallest absolute Gasteiger partial charge is 0.338 e. The number of hydrogen-bond acceptors (Lipinski definition) is 6. The van der Waals surface area contributed by atoms with Gasteiger partial charge in [-0.2, -0.15) is 5.26 Å². The molecule has 0 heterocycles. The second-order valence-corrected chi connectivity index (χ2v) is 6.24. The number of anilines is 2. The third-order valence-corrected chi connectivity index (χ3v) is 4.29. The van der Waals surface area contributed by atoms with Crippen LogP contribution in [0.1, 0.15) is 17.3 Å². The van der Waals surface area contributed by atoms with Crippen LogP contribution in [0.5, 0.6) is 5.75 Å². The van der Waals surface area contributed by atoms with Crippen LogP contribution in [0, 0.1) is 11.3 Å². The molecule has 0 saturated carbocycles. The van der Waals surface area contributed by atoms with E-state index in [9.17, 15) is 20.0 Å². The van der Waals surface area contributed by atoms with Gasteiger partial charge in [-0.1, -0.05) is 24.3 Å². The molecule has 0 spiro atoms. The van der Waals surface area contributed by atoms with Crippen molar-refractivity contribution in [1.82, 2.24) is 0 Å². The van der Waals surface area contributed by atoms with Crippen molar-refractivity contribution >= 4 is 34.0 Å². The first-order valence-electron chi connectivity index (χ1n) is 9.19. The number of esters is 1. The molecular weight excluding hydrogens is 382 g/mol. The summed E-state index contributed by atoms with van der Waals surface area (Å²) in [5.74, 6) is -0.903. The highest BCUT2D eigenvalue weighted by molar-refractivity contribution is 6.07. The molecule has 0 aliphatic carbocycles. The van der Waals surface area contributed by atoms with Gasteiger partial charge in [0.05, 0.1) is 12.2 Å². The molecule has 0 atom stereocenters. The van der Waals surface area contributed by atoms with Gasteiger partial charge >= 0.3 is 5.97 Å². The van der Waals surface area contributed by atoms with E-state index in [-0.39, 0.29) is 17.9 Å². The lowest BCUT2D eigenvalue weighted by Crippen LogP contribution is -2.14. The van der Waals surface area contributed by atoms with Crippen molar-refractivity contribution in [3.05, 3.63) is 78.0 Å². The van der Waals surface area contributed by atoms with Crippen molar-refractivity contribution in [2.24, 2.45) is 0 Å². The Morgan fingerprint density at radius 1 is 1.07 bits per heavy atom. The number of rotatable bonds is 6. The molecule has 3 rings (SSSR count). The van der Waals surface area contributed by atoms with Crippen molar-refractivity contribution in [2.75, 3.05) is 17.2 Å². The number of fused-ring (bicyclic) bond motifs is 1. The van der Waals surface area contributed by atoms with Crippen LogP contribution in [0.2, 0.25) is 0 Å². The highest BCUT2D eigenvalue weighted by Gasteiger charge is 2.11. The van der Waals surface area contributed by atoms with E-state index in [1.165, 1.54) is 18.3 Å². The van der Waals surface area contributed by atoms with E-state index >= 15 is 0 Å². The van der Waals surface area contributed by atoms with Crippen LogP contribution in [0.4, 0.5) is 11.4 Å². The number of amides is 1. The Balaban J connectivity index is 1.74. The largest absolute Gasteiger partial charge is 0.507 e. The number of hydrogen-bond donors (Lipinski definition) is 3. The Labute approximate surface area is 173 Å². The van der Waals surface area contributed by atoms with Crippen LogP contribution in [0.3, 0.4) is 0 Å². The highest BCUT2D eigenvalue weighted by atomic mass is 16.5. The third kappa shape index (κ3) is 4.56. The van der Waals surface area contributed by atoms with Gasteiger partial charge in [0.1, 0.15) is 17.4 Å². The molecule has 0 aliphatic rings. The molecular formula is C23H19N3O4. The predicted octanol–water partition coefficient (Wildman–Crippen LogP) is 4.18. The minimum absolute atomic E-state index is 0.137. The van der Waals surface area contributed by atoms with Crippen molar-refractivity contribution in [3.8, 4) is 11.8 Å². The van der Waals surface area contributed by atoms with Gasteiger partial charge in [0.15, 0.2) is 0 Å². The first-order chi connectivity index (χ1) is 14.5. The first kappa shape index (κ1) is 20.4. The molecule has 1 amide bonds. The molecule has 7 heteroatoms. The van der Waals surface area contributed by atoms with Crippen LogP contribution >= 0.6 is 0 Å². The van der Waals surface area contributed by atoms with Gasteiger partial charge in [-0.15, -0.1) is 0 Å². The molecule has 3 N–H and O–H groups in total. The van der Waals surface area contributed by atoms with E-state index in [1.807, 2.05) is 12.1 Å². The van der Waals surface area contributed by atoms with Gasteiger partial charge < -0.3 is 20.5 Å². The van der Waals surface area contributed by atoms with E-state index in [1.54, 1.807) is 49.4 Å². The molecule has 30 heavy (non-hydrogen) atoms. The van der Waals surface area contributed by atoms with Crippen LogP contribution < -0.4 is 10.6 Å². The number of phenolic OH excluding ortho intramolecular Hbond substituents is 1. The second-order valence-electron chi connectivity index (χ2n) is 6.24. The Kier molecular flexibility index (Phi) is 6.30. The molecule has 0 aromatic heterocycles. The predicted molar refractivity (Wildman–Crippen MR) is 114 cm³/mol. The van der Waals surface area contributed by atoms with Gasteiger partial charge in [-0.05, 0) is 43.3 Å². The van der Waals surface area contributed by atoms with Gasteiger partial charge in [-0.3, -0.25) is 4.79 Å². The summed E-state index contributed by atoms with van der Waals surface area (Å²) >= 11 is 0. The van der Waals surface area contributed by atoms with E-state index in [0.29, 0.717) is 22.3 Å². The van der Waals surface area contributed by atoms with Crippen LogP contribution in [0.25, 0.3) is 10.8 Å². The maximum Gasteiger partial charge on any atom is 0.338 e. The maximum absolute atomic E-state index is 12.4. The number of nitriles is 1.